The Morgan fingerprint density at radius 1 is 1.08 bits per heavy atom. The molecule has 3 nitrogen and oxygen atoms in total. The topological polar surface area (TPSA) is 39.4 Å². The molecule has 0 saturated carbocycles. The van der Waals surface area contributed by atoms with Crippen LogP contribution in [0.25, 0.3) is 11.0 Å². The summed E-state index contributed by atoms with van der Waals surface area (Å²) in [5, 5.41) is 2.11. The fourth-order valence-corrected chi connectivity index (χ4v) is 3.40. The minimum atomic E-state index is -0.329. The molecule has 1 heterocycles. The van der Waals surface area contributed by atoms with Crippen LogP contribution in [0.1, 0.15) is 36.5 Å². The van der Waals surface area contributed by atoms with Gasteiger partial charge in [0.25, 0.3) is 0 Å². The van der Waals surface area contributed by atoms with Gasteiger partial charge >= 0.3 is 5.63 Å². The van der Waals surface area contributed by atoms with Crippen molar-refractivity contribution in [3.63, 3.8) is 0 Å². The number of fused-ring (bicyclic) bond motifs is 1. The summed E-state index contributed by atoms with van der Waals surface area (Å²) in [6.45, 7) is 4.34. The Bertz CT molecular complexity index is 992. The van der Waals surface area contributed by atoms with Crippen LogP contribution in [0.15, 0.2) is 45.6 Å². The van der Waals surface area contributed by atoms with Crippen molar-refractivity contribution in [1.29, 1.82) is 0 Å². The molecule has 3 rings (SSSR count). The van der Waals surface area contributed by atoms with E-state index in [0.717, 1.165) is 41.3 Å². The van der Waals surface area contributed by atoms with Gasteiger partial charge in [0.1, 0.15) is 17.9 Å². The molecule has 0 saturated heterocycles. The van der Waals surface area contributed by atoms with E-state index < -0.39 is 0 Å². The van der Waals surface area contributed by atoms with E-state index in [0.29, 0.717) is 28.0 Å². The van der Waals surface area contributed by atoms with Crippen molar-refractivity contribution in [3.8, 4) is 5.75 Å². The Kier molecular flexibility index (Phi) is 5.90. The lowest BCUT2D eigenvalue weighted by atomic mass is 10.0. The first-order valence-corrected chi connectivity index (χ1v) is 9.38. The fraction of sp³-hybridized carbons (Fsp3) is 0.286. The minimum Gasteiger partial charge on any atom is -0.488 e. The zero-order valence-electron chi connectivity index (χ0n) is 14.8. The van der Waals surface area contributed by atoms with Gasteiger partial charge in [0.15, 0.2) is 0 Å². The molecule has 3 aromatic rings. The van der Waals surface area contributed by atoms with Gasteiger partial charge in [-0.15, -0.1) is 0 Å². The maximum atomic E-state index is 11.9. The minimum absolute atomic E-state index is 0.308. The second-order valence-electron chi connectivity index (χ2n) is 6.28. The SMILES string of the molecule is CCCCc1cc(=O)oc2c(C)c(OCc3ccc(Cl)cc3Cl)ccc12. The number of benzene rings is 2. The average molecular weight is 391 g/mol. The molecule has 0 amide bonds. The molecule has 136 valence electrons. The molecule has 0 N–H and O–H groups in total. The Balaban J connectivity index is 1.92. The molecule has 2 aromatic carbocycles. The van der Waals surface area contributed by atoms with Crippen LogP contribution in [-0.2, 0) is 13.0 Å². The summed E-state index contributed by atoms with van der Waals surface area (Å²) < 4.78 is 11.4. The molecule has 0 aliphatic carbocycles. The van der Waals surface area contributed by atoms with Crippen molar-refractivity contribution in [2.45, 2.75) is 39.7 Å². The number of halogens is 2. The van der Waals surface area contributed by atoms with Crippen molar-refractivity contribution in [1.82, 2.24) is 0 Å². The molecule has 0 aliphatic heterocycles. The van der Waals surface area contributed by atoms with Gasteiger partial charge in [-0.2, -0.15) is 0 Å². The molecule has 0 unspecified atom stereocenters. The summed E-state index contributed by atoms with van der Waals surface area (Å²) in [6.07, 6.45) is 2.97. The van der Waals surface area contributed by atoms with Crippen molar-refractivity contribution in [2.24, 2.45) is 0 Å². The lowest BCUT2D eigenvalue weighted by Gasteiger charge is -2.13. The van der Waals surface area contributed by atoms with Crippen LogP contribution in [-0.4, -0.2) is 0 Å². The van der Waals surface area contributed by atoms with Crippen molar-refractivity contribution < 1.29 is 9.15 Å². The van der Waals surface area contributed by atoms with E-state index in [1.54, 1.807) is 18.2 Å². The third kappa shape index (κ3) is 4.05. The Morgan fingerprint density at radius 3 is 2.62 bits per heavy atom. The summed E-state index contributed by atoms with van der Waals surface area (Å²) in [4.78, 5) is 11.9. The number of hydrogen-bond donors (Lipinski definition) is 0. The average Bonchev–Trinajstić information content (AvgIpc) is 2.61. The van der Waals surface area contributed by atoms with Gasteiger partial charge in [-0.05, 0) is 49.6 Å². The lowest BCUT2D eigenvalue weighted by Crippen LogP contribution is -2.03. The van der Waals surface area contributed by atoms with Crippen LogP contribution in [0.4, 0.5) is 0 Å². The summed E-state index contributed by atoms with van der Waals surface area (Å²) in [5.41, 5.74) is 2.93. The molecule has 0 bridgehead atoms. The highest BCUT2D eigenvalue weighted by Gasteiger charge is 2.12. The lowest BCUT2D eigenvalue weighted by molar-refractivity contribution is 0.304. The smallest absolute Gasteiger partial charge is 0.336 e. The first-order valence-electron chi connectivity index (χ1n) is 8.62. The highest BCUT2D eigenvalue weighted by Crippen LogP contribution is 2.30. The van der Waals surface area contributed by atoms with Gasteiger partial charge in [-0.1, -0.05) is 42.6 Å². The molecule has 0 fully saturated rings. The van der Waals surface area contributed by atoms with Gasteiger partial charge in [-0.3, -0.25) is 0 Å². The first kappa shape index (κ1) is 18.8. The molecule has 0 radical (unpaired) electrons. The predicted octanol–water partition coefficient (Wildman–Crippen LogP) is 6.33. The Morgan fingerprint density at radius 2 is 1.88 bits per heavy atom. The highest BCUT2D eigenvalue weighted by atomic mass is 35.5. The zero-order valence-corrected chi connectivity index (χ0v) is 16.3. The van der Waals surface area contributed by atoms with Crippen LogP contribution in [0.2, 0.25) is 10.0 Å². The normalized spacial score (nSPS) is 11.1. The maximum absolute atomic E-state index is 11.9. The number of aryl methyl sites for hydroxylation is 2. The summed E-state index contributed by atoms with van der Waals surface area (Å²) in [5.74, 6) is 0.666. The number of unbranched alkanes of at least 4 members (excludes halogenated alkanes) is 1. The molecule has 5 heteroatoms. The van der Waals surface area contributed by atoms with Gasteiger partial charge in [0.2, 0.25) is 0 Å². The highest BCUT2D eigenvalue weighted by molar-refractivity contribution is 6.35. The quantitative estimate of drug-likeness (QED) is 0.461. The van der Waals surface area contributed by atoms with Crippen molar-refractivity contribution in [2.75, 3.05) is 0 Å². The third-order valence-corrected chi connectivity index (χ3v) is 4.98. The van der Waals surface area contributed by atoms with Gasteiger partial charge in [0, 0.05) is 32.6 Å². The van der Waals surface area contributed by atoms with E-state index >= 15 is 0 Å². The Hall–Kier alpha value is -1.97. The van der Waals surface area contributed by atoms with Crippen LogP contribution >= 0.6 is 23.2 Å². The predicted molar refractivity (Wildman–Crippen MR) is 107 cm³/mol. The number of rotatable bonds is 6. The molecule has 0 atom stereocenters. The standard InChI is InChI=1S/C21H20Cl2O3/c1-3-4-5-14-10-20(24)26-21-13(2)19(9-8-17(14)21)25-12-15-6-7-16(22)11-18(15)23/h6-11H,3-5,12H2,1-2H3. The molecular formula is C21H20Cl2O3. The van der Waals surface area contributed by atoms with Gasteiger partial charge < -0.3 is 9.15 Å². The van der Waals surface area contributed by atoms with E-state index in [1.807, 2.05) is 25.1 Å². The summed E-state index contributed by atoms with van der Waals surface area (Å²) in [7, 11) is 0. The van der Waals surface area contributed by atoms with Crippen molar-refractivity contribution >= 4 is 34.2 Å². The molecular weight excluding hydrogens is 371 g/mol. The Labute approximate surface area is 162 Å². The fourth-order valence-electron chi connectivity index (χ4n) is 2.93. The molecule has 0 spiro atoms. The second-order valence-corrected chi connectivity index (χ2v) is 7.13. The van der Waals surface area contributed by atoms with Crippen LogP contribution in [0, 0.1) is 6.92 Å². The van der Waals surface area contributed by atoms with Crippen LogP contribution in [0.5, 0.6) is 5.75 Å². The van der Waals surface area contributed by atoms with Crippen LogP contribution < -0.4 is 10.4 Å². The zero-order chi connectivity index (χ0) is 18.7. The van der Waals surface area contributed by atoms with E-state index in [-0.39, 0.29) is 5.63 Å². The first-order chi connectivity index (χ1) is 12.5. The van der Waals surface area contributed by atoms with Gasteiger partial charge in [-0.25, -0.2) is 4.79 Å². The molecule has 0 aliphatic rings. The number of ether oxygens (including phenoxy) is 1. The van der Waals surface area contributed by atoms with Gasteiger partial charge in [0.05, 0.1) is 0 Å². The van der Waals surface area contributed by atoms with E-state index in [9.17, 15) is 4.79 Å². The summed E-state index contributed by atoms with van der Waals surface area (Å²) >= 11 is 12.1. The summed E-state index contributed by atoms with van der Waals surface area (Å²) in [6, 6.07) is 10.8. The van der Waals surface area contributed by atoms with Crippen molar-refractivity contribution in [3.05, 3.63) is 73.6 Å². The maximum Gasteiger partial charge on any atom is 0.336 e. The van der Waals surface area contributed by atoms with E-state index in [4.69, 9.17) is 32.4 Å². The molecule has 26 heavy (non-hydrogen) atoms. The van der Waals surface area contributed by atoms with E-state index in [1.165, 1.54) is 0 Å². The largest absolute Gasteiger partial charge is 0.488 e. The second kappa shape index (κ2) is 8.15. The third-order valence-electron chi connectivity index (χ3n) is 4.39. The molecule has 1 aromatic heterocycles. The monoisotopic (exact) mass is 390 g/mol. The van der Waals surface area contributed by atoms with Crippen LogP contribution in [0.3, 0.4) is 0 Å². The van der Waals surface area contributed by atoms with E-state index in [2.05, 4.69) is 6.92 Å². The number of hydrogen-bond acceptors (Lipinski definition) is 3.